The zero-order valence-corrected chi connectivity index (χ0v) is 32.2. The number of benzene rings is 3. The average molecular weight is 747 g/mol. The van der Waals surface area contributed by atoms with Crippen LogP contribution in [0.3, 0.4) is 0 Å². The molecule has 0 spiro atoms. The van der Waals surface area contributed by atoms with Crippen molar-refractivity contribution >= 4 is 61.8 Å². The molecule has 0 unspecified atom stereocenters. The maximum Gasteiger partial charge on any atom is 0.339 e. The third-order valence-electron chi connectivity index (χ3n) is 9.51. The molecule has 0 radical (unpaired) electrons. The van der Waals surface area contributed by atoms with Gasteiger partial charge in [0.1, 0.15) is 10.8 Å². The average Bonchev–Trinajstić information content (AvgIpc) is 3.57. The van der Waals surface area contributed by atoms with E-state index in [0.29, 0.717) is 10.8 Å². The first-order chi connectivity index (χ1) is 25.5. The maximum atomic E-state index is 13.5. The second kappa shape index (κ2) is 15.3. The van der Waals surface area contributed by atoms with Gasteiger partial charge in [-0.15, -0.1) is 11.3 Å². The number of aromatic nitrogens is 3. The van der Waals surface area contributed by atoms with Gasteiger partial charge in [0.2, 0.25) is 5.91 Å². The third-order valence-corrected chi connectivity index (χ3v) is 10.9. The molecule has 1 fully saturated rings. The number of pyridine rings is 2. The van der Waals surface area contributed by atoms with Gasteiger partial charge >= 0.3 is 5.97 Å². The van der Waals surface area contributed by atoms with Gasteiger partial charge in [-0.3, -0.25) is 9.78 Å². The van der Waals surface area contributed by atoms with Crippen LogP contribution in [0.2, 0.25) is 5.02 Å². The minimum absolute atomic E-state index is 0.0627. The monoisotopic (exact) mass is 746 g/mol. The molecule has 8 nitrogen and oxygen atoms in total. The molecule has 53 heavy (non-hydrogen) atoms. The van der Waals surface area contributed by atoms with Crippen molar-refractivity contribution in [2.75, 3.05) is 11.9 Å². The van der Waals surface area contributed by atoms with Crippen molar-refractivity contribution in [3.63, 3.8) is 0 Å². The van der Waals surface area contributed by atoms with Crippen LogP contribution in [0.25, 0.3) is 54.1 Å². The molecular formula is C43H43ClN4O4S. The number of nitrogens with one attached hydrogen (secondary N) is 1. The van der Waals surface area contributed by atoms with E-state index in [0.717, 1.165) is 90.9 Å². The largest absolute Gasteiger partial charge is 0.464 e. The second-order valence-electron chi connectivity index (χ2n) is 14.6. The lowest BCUT2D eigenvalue weighted by atomic mass is 9.89. The highest BCUT2D eigenvalue weighted by atomic mass is 35.5. The van der Waals surface area contributed by atoms with Crippen LogP contribution in [0.5, 0.6) is 0 Å². The third kappa shape index (κ3) is 8.12. The van der Waals surface area contributed by atoms with Gasteiger partial charge in [0, 0.05) is 44.8 Å². The Bertz CT molecular complexity index is 2310. The number of nitrogens with zero attached hydrogens (tertiary/aromatic N) is 3. The van der Waals surface area contributed by atoms with Crippen molar-refractivity contribution in [2.45, 2.75) is 78.4 Å². The van der Waals surface area contributed by atoms with Crippen LogP contribution < -0.4 is 5.32 Å². The quantitative estimate of drug-likeness (QED) is 0.147. The van der Waals surface area contributed by atoms with Crippen molar-refractivity contribution < 1.29 is 19.1 Å². The first-order valence-corrected chi connectivity index (χ1v) is 19.4. The summed E-state index contributed by atoms with van der Waals surface area (Å²) in [5.74, 6) is 0.269. The molecule has 1 aliphatic rings. The number of anilines is 1. The smallest absolute Gasteiger partial charge is 0.339 e. The van der Waals surface area contributed by atoms with Gasteiger partial charge in [0.25, 0.3) is 0 Å². The fourth-order valence-electron chi connectivity index (χ4n) is 7.04. The van der Waals surface area contributed by atoms with Gasteiger partial charge in [-0.1, -0.05) is 49.1 Å². The lowest BCUT2D eigenvalue weighted by Crippen LogP contribution is -2.29. The number of hydrogen-bond acceptors (Lipinski definition) is 8. The molecule has 0 bridgehead atoms. The number of esters is 1. The topological polar surface area (TPSA) is 103 Å². The highest BCUT2D eigenvalue weighted by Gasteiger charge is 2.33. The summed E-state index contributed by atoms with van der Waals surface area (Å²) in [5, 5.41) is 5.42. The number of carbonyl (C=O) groups is 2. The summed E-state index contributed by atoms with van der Waals surface area (Å²) >= 11 is 7.89. The number of carbonyl (C=O) groups excluding carboxylic acids is 2. The van der Waals surface area contributed by atoms with Gasteiger partial charge in [-0.25, -0.2) is 14.8 Å². The first kappa shape index (κ1) is 36.6. The molecule has 3 aromatic carbocycles. The number of ether oxygens (including phenoxy) is 2. The van der Waals surface area contributed by atoms with Crippen LogP contribution in [-0.4, -0.2) is 39.0 Å². The zero-order chi connectivity index (χ0) is 37.3. The van der Waals surface area contributed by atoms with Crippen molar-refractivity contribution in [1.29, 1.82) is 0 Å². The number of rotatable bonds is 9. The van der Waals surface area contributed by atoms with Crippen LogP contribution in [0.4, 0.5) is 5.82 Å². The Morgan fingerprint density at radius 3 is 2.40 bits per heavy atom. The molecule has 1 aliphatic carbocycles. The SMILES string of the molecule is CCOC(=O)[C@@H](OC(C)(C)C)c1c(C)cc2nc(-c3ccnc(-c4ccc5nc(NC(=O)C6CCCCC6)ccc5c4)c3)sc2c1-c1ccc(Cl)cc1. The van der Waals surface area contributed by atoms with Crippen molar-refractivity contribution in [3.8, 4) is 33.0 Å². The Morgan fingerprint density at radius 2 is 1.66 bits per heavy atom. The second-order valence-corrected chi connectivity index (χ2v) is 16.0. The number of aryl methyl sites for hydroxylation is 1. The summed E-state index contributed by atoms with van der Waals surface area (Å²) in [7, 11) is 0. The molecular weight excluding hydrogens is 704 g/mol. The Hall–Kier alpha value is -4.70. The van der Waals surface area contributed by atoms with Crippen molar-refractivity contribution in [3.05, 3.63) is 95.1 Å². The number of fused-ring (bicyclic) bond motifs is 2. The molecule has 7 rings (SSSR count). The molecule has 0 saturated heterocycles. The Morgan fingerprint density at radius 1 is 0.906 bits per heavy atom. The van der Waals surface area contributed by atoms with E-state index in [4.69, 9.17) is 36.0 Å². The molecule has 10 heteroatoms. The molecule has 1 amide bonds. The van der Waals surface area contributed by atoms with Gasteiger partial charge in [0.15, 0.2) is 6.10 Å². The van der Waals surface area contributed by atoms with Crippen LogP contribution in [0.1, 0.15) is 77.0 Å². The molecule has 272 valence electrons. The predicted octanol–water partition coefficient (Wildman–Crippen LogP) is 11.1. The van der Waals surface area contributed by atoms with Gasteiger partial charge < -0.3 is 14.8 Å². The van der Waals surface area contributed by atoms with E-state index >= 15 is 0 Å². The van der Waals surface area contributed by atoms with Gasteiger partial charge in [-0.2, -0.15) is 0 Å². The fourth-order valence-corrected chi connectivity index (χ4v) is 8.29. The van der Waals surface area contributed by atoms with E-state index in [1.807, 2.05) is 94.4 Å². The van der Waals surface area contributed by atoms with E-state index in [-0.39, 0.29) is 18.4 Å². The molecule has 1 saturated carbocycles. The molecule has 1 N–H and O–H groups in total. The number of amides is 1. The van der Waals surface area contributed by atoms with Crippen LogP contribution in [0.15, 0.2) is 79.0 Å². The predicted molar refractivity (Wildman–Crippen MR) is 214 cm³/mol. The first-order valence-electron chi connectivity index (χ1n) is 18.2. The molecule has 6 aromatic rings. The van der Waals surface area contributed by atoms with Gasteiger partial charge in [0.05, 0.1) is 33.6 Å². The van der Waals surface area contributed by atoms with E-state index < -0.39 is 17.7 Å². The lowest BCUT2D eigenvalue weighted by Gasteiger charge is -2.29. The summed E-state index contributed by atoms with van der Waals surface area (Å²) in [6.45, 7) is 9.82. The molecule has 3 aromatic heterocycles. The Kier molecular flexibility index (Phi) is 10.6. The van der Waals surface area contributed by atoms with Gasteiger partial charge in [-0.05, 0) is 113 Å². The summed E-state index contributed by atoms with van der Waals surface area (Å²) in [6.07, 6.45) is 6.16. The molecule has 0 aliphatic heterocycles. The minimum atomic E-state index is -0.949. The minimum Gasteiger partial charge on any atom is -0.464 e. The van der Waals surface area contributed by atoms with Crippen molar-refractivity contribution in [1.82, 2.24) is 15.0 Å². The number of halogens is 1. The lowest BCUT2D eigenvalue weighted by molar-refractivity contribution is -0.166. The number of hydrogen-bond donors (Lipinski definition) is 1. The Balaban J connectivity index is 1.26. The Labute approximate surface area is 319 Å². The van der Waals surface area contributed by atoms with E-state index in [2.05, 4.69) is 11.4 Å². The van der Waals surface area contributed by atoms with Crippen LogP contribution >= 0.6 is 22.9 Å². The maximum absolute atomic E-state index is 13.5. The normalized spacial score (nSPS) is 14.4. The summed E-state index contributed by atoms with van der Waals surface area (Å²) in [6, 6.07) is 23.6. The molecule has 3 heterocycles. The number of thiazole rings is 1. The van der Waals surface area contributed by atoms with E-state index in [9.17, 15) is 9.59 Å². The summed E-state index contributed by atoms with van der Waals surface area (Å²) in [5.41, 5.74) is 7.06. The van der Waals surface area contributed by atoms with E-state index in [1.165, 1.54) is 6.42 Å². The summed E-state index contributed by atoms with van der Waals surface area (Å²) < 4.78 is 12.9. The highest BCUT2D eigenvalue weighted by molar-refractivity contribution is 7.22. The molecule has 1 atom stereocenters. The zero-order valence-electron chi connectivity index (χ0n) is 30.7. The summed E-state index contributed by atoms with van der Waals surface area (Å²) in [4.78, 5) is 40.9. The fraction of sp³-hybridized carbons (Fsp3) is 0.326. The van der Waals surface area contributed by atoms with Crippen LogP contribution in [-0.2, 0) is 19.1 Å². The van der Waals surface area contributed by atoms with E-state index in [1.54, 1.807) is 24.5 Å². The standard InChI is InChI=1S/C43H43ClN4O4S/c1-6-51-42(50)38(52-43(3,4)5)36-25(2)22-34-39(37(36)26-12-16-31(44)17-13-26)53-41(47-34)30-20-21-45-33(24-30)29-14-18-32-28(23-29)15-19-35(46-32)48-40(49)27-10-8-7-9-11-27/h12-24,27,38H,6-11H2,1-5H3,(H,46,48,49)/t38-/m0/s1. The van der Waals surface area contributed by atoms with Crippen LogP contribution in [0, 0.1) is 12.8 Å². The van der Waals surface area contributed by atoms with Crippen molar-refractivity contribution in [2.24, 2.45) is 5.92 Å². The highest BCUT2D eigenvalue weighted by Crippen LogP contribution is 2.45.